The molecule has 0 aliphatic rings. The van der Waals surface area contributed by atoms with Gasteiger partial charge >= 0.3 is 0 Å². The first-order valence-corrected chi connectivity index (χ1v) is 6.88. The van der Waals surface area contributed by atoms with Gasteiger partial charge in [0, 0.05) is 16.1 Å². The van der Waals surface area contributed by atoms with Gasteiger partial charge in [0.2, 0.25) is 0 Å². The van der Waals surface area contributed by atoms with Crippen LogP contribution in [0.2, 0.25) is 5.02 Å². The van der Waals surface area contributed by atoms with Gasteiger partial charge in [-0.3, -0.25) is 4.79 Å². The molecule has 1 aromatic heterocycles. The molecular formula is C17H13ClO3. The molecule has 4 heteroatoms. The van der Waals surface area contributed by atoms with E-state index in [-0.39, 0.29) is 11.2 Å². The zero-order valence-electron chi connectivity index (χ0n) is 11.6. The summed E-state index contributed by atoms with van der Waals surface area (Å²) in [6, 6.07) is 10.3. The van der Waals surface area contributed by atoms with E-state index < -0.39 is 0 Å². The second-order valence-electron chi connectivity index (χ2n) is 5.03. The van der Waals surface area contributed by atoms with E-state index in [4.69, 9.17) is 16.0 Å². The van der Waals surface area contributed by atoms with Crippen molar-refractivity contribution < 1.29 is 9.52 Å². The van der Waals surface area contributed by atoms with Gasteiger partial charge in [0.05, 0.1) is 5.39 Å². The molecule has 0 saturated carbocycles. The first-order chi connectivity index (χ1) is 9.97. The zero-order valence-corrected chi connectivity index (χ0v) is 12.4. The number of aromatic hydroxyl groups is 1. The van der Waals surface area contributed by atoms with Crippen molar-refractivity contribution in [2.45, 2.75) is 13.8 Å². The molecule has 21 heavy (non-hydrogen) atoms. The average molecular weight is 301 g/mol. The quantitative estimate of drug-likeness (QED) is 0.723. The number of rotatable bonds is 1. The topological polar surface area (TPSA) is 50.4 Å². The molecule has 1 heterocycles. The van der Waals surface area contributed by atoms with Crippen LogP contribution in [0.15, 0.2) is 45.6 Å². The fourth-order valence-corrected chi connectivity index (χ4v) is 2.43. The summed E-state index contributed by atoms with van der Waals surface area (Å²) in [5, 5.41) is 10.8. The molecule has 3 rings (SSSR count). The van der Waals surface area contributed by atoms with Crippen LogP contribution in [0, 0.1) is 13.8 Å². The van der Waals surface area contributed by atoms with Crippen LogP contribution in [-0.4, -0.2) is 5.11 Å². The van der Waals surface area contributed by atoms with Crippen LogP contribution >= 0.6 is 11.6 Å². The Morgan fingerprint density at radius 2 is 1.76 bits per heavy atom. The van der Waals surface area contributed by atoms with E-state index in [1.54, 1.807) is 32.0 Å². The number of benzene rings is 2. The lowest BCUT2D eigenvalue weighted by Gasteiger charge is -2.08. The van der Waals surface area contributed by atoms with Crippen molar-refractivity contribution in [2.24, 2.45) is 0 Å². The number of halogens is 1. The molecule has 0 bridgehead atoms. The standard InChI is InChI=1S/C17H13ClO3/c1-9-7-15-13(8-14(9)19)16(20)10(2)17(21-15)11-3-5-12(18)6-4-11/h3-8,19H,1-2H3. The van der Waals surface area contributed by atoms with Crippen LogP contribution in [0.25, 0.3) is 22.3 Å². The minimum absolute atomic E-state index is 0.0912. The summed E-state index contributed by atoms with van der Waals surface area (Å²) < 4.78 is 5.88. The van der Waals surface area contributed by atoms with Gasteiger partial charge in [-0.2, -0.15) is 0 Å². The van der Waals surface area contributed by atoms with Gasteiger partial charge in [-0.25, -0.2) is 0 Å². The van der Waals surface area contributed by atoms with E-state index in [2.05, 4.69) is 0 Å². The number of phenols is 1. The van der Waals surface area contributed by atoms with Crippen molar-refractivity contribution in [1.29, 1.82) is 0 Å². The Hall–Kier alpha value is -2.26. The predicted molar refractivity (Wildman–Crippen MR) is 84.1 cm³/mol. The highest BCUT2D eigenvalue weighted by atomic mass is 35.5. The van der Waals surface area contributed by atoms with Crippen molar-refractivity contribution in [3.05, 3.63) is 62.8 Å². The molecule has 1 N–H and O–H groups in total. The van der Waals surface area contributed by atoms with E-state index in [0.717, 1.165) is 5.56 Å². The van der Waals surface area contributed by atoms with E-state index >= 15 is 0 Å². The molecule has 0 unspecified atom stereocenters. The fraction of sp³-hybridized carbons (Fsp3) is 0.118. The Kier molecular flexibility index (Phi) is 3.22. The Balaban J connectivity index is 2.34. The van der Waals surface area contributed by atoms with Gasteiger partial charge in [0.15, 0.2) is 5.43 Å². The molecule has 0 aliphatic carbocycles. The van der Waals surface area contributed by atoms with E-state index in [1.165, 1.54) is 6.07 Å². The molecule has 106 valence electrons. The minimum Gasteiger partial charge on any atom is -0.508 e. The van der Waals surface area contributed by atoms with Gasteiger partial charge < -0.3 is 9.52 Å². The Bertz CT molecular complexity index is 893. The fourth-order valence-electron chi connectivity index (χ4n) is 2.30. The lowest BCUT2D eigenvalue weighted by atomic mass is 10.0. The smallest absolute Gasteiger partial charge is 0.196 e. The minimum atomic E-state index is -0.142. The van der Waals surface area contributed by atoms with E-state index in [0.29, 0.717) is 32.9 Å². The summed E-state index contributed by atoms with van der Waals surface area (Å²) in [5.41, 5.74) is 2.29. The van der Waals surface area contributed by atoms with Crippen LogP contribution in [-0.2, 0) is 0 Å². The normalized spacial score (nSPS) is 11.0. The molecule has 0 atom stereocenters. The second-order valence-corrected chi connectivity index (χ2v) is 5.46. The van der Waals surface area contributed by atoms with Crippen LogP contribution in [0.4, 0.5) is 0 Å². The highest BCUT2D eigenvalue weighted by Crippen LogP contribution is 2.29. The number of aryl methyl sites for hydroxylation is 1. The summed E-state index contributed by atoms with van der Waals surface area (Å²) in [6.45, 7) is 3.47. The van der Waals surface area contributed by atoms with Crippen LogP contribution < -0.4 is 5.43 Å². The van der Waals surface area contributed by atoms with Gasteiger partial charge in [-0.15, -0.1) is 0 Å². The first-order valence-electron chi connectivity index (χ1n) is 6.50. The monoisotopic (exact) mass is 300 g/mol. The van der Waals surface area contributed by atoms with Gasteiger partial charge in [0.25, 0.3) is 0 Å². The van der Waals surface area contributed by atoms with Crippen molar-refractivity contribution >= 4 is 22.6 Å². The molecule has 3 aromatic rings. The Morgan fingerprint density at radius 1 is 1.10 bits per heavy atom. The zero-order chi connectivity index (χ0) is 15.1. The SMILES string of the molecule is Cc1cc2oc(-c3ccc(Cl)cc3)c(C)c(=O)c2cc1O. The number of fused-ring (bicyclic) bond motifs is 1. The van der Waals surface area contributed by atoms with Crippen molar-refractivity contribution in [3.63, 3.8) is 0 Å². The van der Waals surface area contributed by atoms with E-state index in [9.17, 15) is 9.90 Å². The largest absolute Gasteiger partial charge is 0.508 e. The predicted octanol–water partition coefficient (Wildman–Crippen LogP) is 4.44. The maximum atomic E-state index is 12.5. The third-order valence-corrected chi connectivity index (χ3v) is 3.79. The lowest BCUT2D eigenvalue weighted by Crippen LogP contribution is -2.07. The highest BCUT2D eigenvalue weighted by Gasteiger charge is 2.14. The molecule has 0 radical (unpaired) electrons. The van der Waals surface area contributed by atoms with E-state index in [1.807, 2.05) is 12.1 Å². The lowest BCUT2D eigenvalue weighted by molar-refractivity contribution is 0.471. The average Bonchev–Trinajstić information content (AvgIpc) is 2.46. The van der Waals surface area contributed by atoms with Crippen LogP contribution in [0.5, 0.6) is 5.75 Å². The highest BCUT2D eigenvalue weighted by molar-refractivity contribution is 6.30. The number of phenolic OH excluding ortho intramolecular Hbond substituents is 1. The maximum Gasteiger partial charge on any atom is 0.196 e. The summed E-state index contributed by atoms with van der Waals surface area (Å²) in [4.78, 5) is 12.5. The summed E-state index contributed by atoms with van der Waals surface area (Å²) in [7, 11) is 0. The summed E-state index contributed by atoms with van der Waals surface area (Å²) in [5.74, 6) is 0.614. The molecule has 2 aromatic carbocycles. The third-order valence-electron chi connectivity index (χ3n) is 3.54. The summed E-state index contributed by atoms with van der Waals surface area (Å²) >= 11 is 5.88. The van der Waals surface area contributed by atoms with Crippen molar-refractivity contribution in [1.82, 2.24) is 0 Å². The number of hydrogen-bond acceptors (Lipinski definition) is 3. The summed E-state index contributed by atoms with van der Waals surface area (Å²) in [6.07, 6.45) is 0. The molecule has 0 spiro atoms. The molecule has 0 amide bonds. The first kappa shape index (κ1) is 13.7. The van der Waals surface area contributed by atoms with Gasteiger partial charge in [0.1, 0.15) is 17.1 Å². The maximum absolute atomic E-state index is 12.5. The van der Waals surface area contributed by atoms with Crippen molar-refractivity contribution in [3.8, 4) is 17.1 Å². The Morgan fingerprint density at radius 3 is 2.43 bits per heavy atom. The van der Waals surface area contributed by atoms with Crippen LogP contribution in [0.1, 0.15) is 11.1 Å². The Labute approximate surface area is 126 Å². The van der Waals surface area contributed by atoms with Crippen molar-refractivity contribution in [2.75, 3.05) is 0 Å². The molecule has 0 aliphatic heterocycles. The molecule has 0 saturated heterocycles. The second kappa shape index (κ2) is 4.93. The third kappa shape index (κ3) is 2.30. The molecule has 3 nitrogen and oxygen atoms in total. The van der Waals surface area contributed by atoms with Gasteiger partial charge in [-0.05, 0) is 55.8 Å². The molecule has 0 fully saturated rings. The van der Waals surface area contributed by atoms with Gasteiger partial charge in [-0.1, -0.05) is 11.6 Å². The van der Waals surface area contributed by atoms with Crippen LogP contribution in [0.3, 0.4) is 0 Å². The molecular weight excluding hydrogens is 288 g/mol. The number of hydrogen-bond donors (Lipinski definition) is 1.